The number of aryl methyl sites for hydroxylation is 1. The highest BCUT2D eigenvalue weighted by molar-refractivity contribution is 6.02. The van der Waals surface area contributed by atoms with Crippen molar-refractivity contribution in [3.05, 3.63) is 47.5 Å². The number of nitrogens with zero attached hydrogens (tertiary/aromatic N) is 1. The van der Waals surface area contributed by atoms with E-state index in [0.29, 0.717) is 22.7 Å². The van der Waals surface area contributed by atoms with Crippen LogP contribution in [0.1, 0.15) is 11.1 Å². The number of nitrogens with one attached hydrogen (secondary N) is 1. The summed E-state index contributed by atoms with van der Waals surface area (Å²) in [4.78, 5) is 7.38. The van der Waals surface area contributed by atoms with Crippen LogP contribution in [0.5, 0.6) is 17.4 Å². The van der Waals surface area contributed by atoms with Gasteiger partial charge in [0, 0.05) is 23.2 Å². The van der Waals surface area contributed by atoms with E-state index in [4.69, 9.17) is 9.47 Å². The maximum Gasteiger partial charge on any atom is 0.198 e. The minimum atomic E-state index is 0.106. The highest BCUT2D eigenvalue weighted by Crippen LogP contribution is 2.32. The van der Waals surface area contributed by atoms with Crippen LogP contribution in [0.15, 0.2) is 41.4 Å². The van der Waals surface area contributed by atoms with Gasteiger partial charge in [-0.3, -0.25) is 4.99 Å². The van der Waals surface area contributed by atoms with Crippen LogP contribution in [-0.2, 0) is 0 Å². The number of ether oxygens (including phenoxy) is 2. The topological polar surface area (TPSA) is 66.8 Å². The summed E-state index contributed by atoms with van der Waals surface area (Å²) in [6, 6.07) is 11.4. The molecule has 23 heavy (non-hydrogen) atoms. The fourth-order valence-corrected chi connectivity index (χ4v) is 2.49. The molecule has 5 heteroatoms. The maximum atomic E-state index is 10.1. The monoisotopic (exact) mass is 310 g/mol. The first-order valence-electron chi connectivity index (χ1n) is 7.19. The van der Waals surface area contributed by atoms with E-state index in [0.717, 1.165) is 16.5 Å². The number of aromatic amines is 1. The molecular formula is C18H18N2O3. The van der Waals surface area contributed by atoms with Crippen molar-refractivity contribution in [3.63, 3.8) is 0 Å². The van der Waals surface area contributed by atoms with Gasteiger partial charge >= 0.3 is 0 Å². The molecule has 3 aromatic rings. The Morgan fingerprint density at radius 2 is 1.83 bits per heavy atom. The van der Waals surface area contributed by atoms with Crippen molar-refractivity contribution in [2.24, 2.45) is 4.99 Å². The minimum absolute atomic E-state index is 0.106. The molecule has 0 fully saturated rings. The van der Waals surface area contributed by atoms with Crippen molar-refractivity contribution >= 4 is 22.8 Å². The first-order chi connectivity index (χ1) is 11.1. The molecule has 0 radical (unpaired) electrons. The highest BCUT2D eigenvalue weighted by Gasteiger charge is 2.09. The average molecular weight is 310 g/mol. The summed E-state index contributed by atoms with van der Waals surface area (Å²) in [6.07, 6.45) is 1.65. The summed E-state index contributed by atoms with van der Waals surface area (Å²) < 4.78 is 10.5. The zero-order valence-electron chi connectivity index (χ0n) is 13.3. The van der Waals surface area contributed by atoms with Gasteiger partial charge in [-0.1, -0.05) is 11.6 Å². The minimum Gasteiger partial charge on any atom is -0.494 e. The first-order valence-corrected chi connectivity index (χ1v) is 7.19. The van der Waals surface area contributed by atoms with Crippen LogP contribution in [-0.4, -0.2) is 30.5 Å². The zero-order valence-corrected chi connectivity index (χ0v) is 13.3. The van der Waals surface area contributed by atoms with Crippen LogP contribution in [0.25, 0.3) is 10.9 Å². The summed E-state index contributed by atoms with van der Waals surface area (Å²) >= 11 is 0. The Morgan fingerprint density at radius 3 is 2.57 bits per heavy atom. The second-order valence-electron chi connectivity index (χ2n) is 5.23. The highest BCUT2D eigenvalue weighted by atomic mass is 16.5. The van der Waals surface area contributed by atoms with Gasteiger partial charge in [0.15, 0.2) is 17.4 Å². The van der Waals surface area contributed by atoms with Crippen LogP contribution in [0.3, 0.4) is 0 Å². The molecular weight excluding hydrogens is 292 g/mol. The molecule has 1 aromatic heterocycles. The number of hydrogen-bond donors (Lipinski definition) is 2. The molecule has 118 valence electrons. The molecule has 0 spiro atoms. The van der Waals surface area contributed by atoms with E-state index in [1.807, 2.05) is 31.2 Å². The van der Waals surface area contributed by atoms with E-state index in [-0.39, 0.29) is 5.88 Å². The number of hydrogen-bond acceptors (Lipinski definition) is 4. The van der Waals surface area contributed by atoms with Gasteiger partial charge in [-0.05, 0) is 31.2 Å². The second-order valence-corrected chi connectivity index (χ2v) is 5.23. The van der Waals surface area contributed by atoms with Crippen molar-refractivity contribution in [2.75, 3.05) is 14.2 Å². The molecule has 0 saturated carbocycles. The second kappa shape index (κ2) is 6.04. The number of aliphatic imine (C=N–C) groups is 1. The van der Waals surface area contributed by atoms with E-state index >= 15 is 0 Å². The fraction of sp³-hybridized carbons (Fsp3) is 0.167. The van der Waals surface area contributed by atoms with Crippen LogP contribution in [0.4, 0.5) is 5.69 Å². The lowest BCUT2D eigenvalue weighted by Gasteiger charge is -2.07. The van der Waals surface area contributed by atoms with Crippen LogP contribution < -0.4 is 9.47 Å². The molecule has 2 N–H and O–H groups in total. The van der Waals surface area contributed by atoms with E-state index in [1.54, 1.807) is 32.6 Å². The number of aromatic nitrogens is 1. The van der Waals surface area contributed by atoms with Gasteiger partial charge < -0.3 is 19.6 Å². The molecule has 0 aliphatic carbocycles. The predicted molar refractivity (Wildman–Crippen MR) is 91.5 cm³/mol. The molecule has 1 heterocycles. The quantitative estimate of drug-likeness (QED) is 0.717. The van der Waals surface area contributed by atoms with E-state index < -0.39 is 0 Å². The Kier molecular flexibility index (Phi) is 3.93. The lowest BCUT2D eigenvalue weighted by Crippen LogP contribution is -1.89. The van der Waals surface area contributed by atoms with Gasteiger partial charge in [0.05, 0.1) is 25.5 Å². The molecule has 0 aliphatic rings. The molecule has 3 rings (SSSR count). The summed E-state index contributed by atoms with van der Waals surface area (Å²) in [5, 5.41) is 11.0. The maximum absolute atomic E-state index is 10.1. The van der Waals surface area contributed by atoms with E-state index in [9.17, 15) is 5.11 Å². The number of methoxy groups -OCH3 is 2. The zero-order chi connectivity index (χ0) is 16.4. The van der Waals surface area contributed by atoms with Crippen molar-refractivity contribution in [2.45, 2.75) is 6.92 Å². The van der Waals surface area contributed by atoms with E-state index in [2.05, 4.69) is 9.98 Å². The summed E-state index contributed by atoms with van der Waals surface area (Å²) in [5.41, 5.74) is 3.38. The smallest absolute Gasteiger partial charge is 0.198 e. The number of fused-ring (bicyclic) bond motifs is 1. The molecule has 0 unspecified atom stereocenters. The average Bonchev–Trinajstić information content (AvgIpc) is 2.87. The van der Waals surface area contributed by atoms with Gasteiger partial charge in [-0.15, -0.1) is 0 Å². The van der Waals surface area contributed by atoms with Crippen LogP contribution >= 0.6 is 0 Å². The van der Waals surface area contributed by atoms with Crippen molar-refractivity contribution in [1.82, 2.24) is 4.98 Å². The van der Waals surface area contributed by atoms with Gasteiger partial charge in [0.2, 0.25) is 0 Å². The van der Waals surface area contributed by atoms with Crippen LogP contribution in [0, 0.1) is 6.92 Å². The molecule has 0 saturated heterocycles. The third-order valence-electron chi connectivity index (χ3n) is 3.68. The largest absolute Gasteiger partial charge is 0.494 e. The van der Waals surface area contributed by atoms with Gasteiger partial charge in [-0.2, -0.15) is 0 Å². The molecule has 5 nitrogen and oxygen atoms in total. The summed E-state index contributed by atoms with van der Waals surface area (Å²) in [6.45, 7) is 2.01. The van der Waals surface area contributed by atoms with E-state index in [1.165, 1.54) is 0 Å². The van der Waals surface area contributed by atoms with Gasteiger partial charge in [0.25, 0.3) is 0 Å². The standard InChI is InChI=1S/C18H18N2O3/c1-11-4-6-15-13(8-11)14(18(21)20-15)10-19-12-5-7-16(22-2)17(9-12)23-3/h4-10,20-21H,1-3H3. The fourth-order valence-electron chi connectivity index (χ4n) is 2.49. The SMILES string of the molecule is COc1ccc(N=Cc2c(O)[nH]c3ccc(C)cc23)cc1OC. The normalized spacial score (nSPS) is 11.3. The van der Waals surface area contributed by atoms with Crippen molar-refractivity contribution in [3.8, 4) is 17.4 Å². The first kappa shape index (κ1) is 15.0. The van der Waals surface area contributed by atoms with Crippen molar-refractivity contribution in [1.29, 1.82) is 0 Å². The molecule has 0 atom stereocenters. The number of rotatable bonds is 4. The number of aromatic hydroxyl groups is 1. The van der Waals surface area contributed by atoms with Gasteiger partial charge in [0.1, 0.15) is 0 Å². The Morgan fingerprint density at radius 1 is 1.04 bits per heavy atom. The van der Waals surface area contributed by atoms with Gasteiger partial charge in [-0.25, -0.2) is 0 Å². The molecule has 0 amide bonds. The Labute approximate surface area is 134 Å². The third kappa shape index (κ3) is 2.85. The summed E-state index contributed by atoms with van der Waals surface area (Å²) in [7, 11) is 3.17. The summed E-state index contributed by atoms with van der Waals surface area (Å²) in [5.74, 6) is 1.37. The Hall–Kier alpha value is -2.95. The Bertz CT molecular complexity index is 881. The number of H-pyrrole nitrogens is 1. The molecule has 0 bridgehead atoms. The lowest BCUT2D eigenvalue weighted by atomic mass is 10.1. The molecule has 2 aromatic carbocycles. The molecule has 0 aliphatic heterocycles. The predicted octanol–water partition coefficient (Wildman–Crippen LogP) is 3.95. The van der Waals surface area contributed by atoms with Crippen molar-refractivity contribution < 1.29 is 14.6 Å². The lowest BCUT2D eigenvalue weighted by molar-refractivity contribution is 0.355. The third-order valence-corrected chi connectivity index (χ3v) is 3.68. The number of benzene rings is 2. The van der Waals surface area contributed by atoms with Crippen LogP contribution in [0.2, 0.25) is 0 Å². The Balaban J connectivity index is 2.00.